The number of carbonyl (C=O) groups is 2. The van der Waals surface area contributed by atoms with E-state index in [1.54, 1.807) is 20.3 Å². The molecule has 1 saturated heterocycles. The van der Waals surface area contributed by atoms with E-state index in [-0.39, 0.29) is 11.9 Å². The van der Waals surface area contributed by atoms with Gasteiger partial charge in [-0.2, -0.15) is 0 Å². The second kappa shape index (κ2) is 6.52. The Morgan fingerprint density at radius 2 is 1.87 bits per heavy atom. The molecular formula is C16H23N5O2. The number of likely N-dealkylation sites (tertiary alicyclic amines) is 1. The molecule has 1 aliphatic carbocycles. The van der Waals surface area contributed by atoms with E-state index in [9.17, 15) is 9.59 Å². The van der Waals surface area contributed by atoms with Crippen molar-refractivity contribution in [1.82, 2.24) is 19.8 Å². The van der Waals surface area contributed by atoms with Crippen molar-refractivity contribution in [2.75, 3.05) is 32.5 Å². The van der Waals surface area contributed by atoms with E-state index in [2.05, 4.69) is 15.3 Å². The van der Waals surface area contributed by atoms with Crippen LogP contribution in [0.3, 0.4) is 0 Å². The van der Waals surface area contributed by atoms with Crippen LogP contribution in [0.15, 0.2) is 12.4 Å². The third-order valence-corrected chi connectivity index (χ3v) is 4.35. The highest BCUT2D eigenvalue weighted by Crippen LogP contribution is 2.32. The molecular weight excluding hydrogens is 294 g/mol. The zero-order valence-corrected chi connectivity index (χ0v) is 13.7. The van der Waals surface area contributed by atoms with E-state index in [0.717, 1.165) is 38.8 Å². The molecule has 124 valence electrons. The monoisotopic (exact) mass is 317 g/mol. The topological polar surface area (TPSA) is 78.4 Å². The molecule has 0 unspecified atom stereocenters. The third-order valence-electron chi connectivity index (χ3n) is 4.35. The highest BCUT2D eigenvalue weighted by atomic mass is 16.2. The number of nitrogens with zero attached hydrogens (tertiary/aromatic N) is 4. The second-order valence-electron chi connectivity index (χ2n) is 6.51. The maximum Gasteiger partial charge on any atom is 0.273 e. The van der Waals surface area contributed by atoms with Gasteiger partial charge in [0.15, 0.2) is 0 Å². The van der Waals surface area contributed by atoms with Gasteiger partial charge in [-0.25, -0.2) is 4.98 Å². The lowest BCUT2D eigenvalue weighted by Gasteiger charge is -2.32. The fourth-order valence-electron chi connectivity index (χ4n) is 2.81. The lowest BCUT2D eigenvalue weighted by atomic mass is 10.0. The molecule has 23 heavy (non-hydrogen) atoms. The Kier molecular flexibility index (Phi) is 4.45. The summed E-state index contributed by atoms with van der Waals surface area (Å²) >= 11 is 0. The highest BCUT2D eigenvalue weighted by Gasteiger charge is 2.34. The molecule has 0 radical (unpaired) electrons. The van der Waals surface area contributed by atoms with Crippen LogP contribution in [0.4, 0.5) is 5.82 Å². The molecule has 2 heterocycles. The molecule has 2 aliphatic rings. The van der Waals surface area contributed by atoms with Gasteiger partial charge in [-0.15, -0.1) is 0 Å². The zero-order valence-electron chi connectivity index (χ0n) is 13.7. The van der Waals surface area contributed by atoms with Crippen molar-refractivity contribution in [3.8, 4) is 0 Å². The van der Waals surface area contributed by atoms with Crippen molar-refractivity contribution in [3.63, 3.8) is 0 Å². The molecule has 2 amide bonds. The predicted molar refractivity (Wildman–Crippen MR) is 86.0 cm³/mol. The van der Waals surface area contributed by atoms with Crippen molar-refractivity contribution < 1.29 is 9.59 Å². The summed E-state index contributed by atoms with van der Waals surface area (Å²) in [5.41, 5.74) is 0.335. The molecule has 2 fully saturated rings. The summed E-state index contributed by atoms with van der Waals surface area (Å²) in [7, 11) is 3.38. The first-order chi connectivity index (χ1) is 11.0. The van der Waals surface area contributed by atoms with Gasteiger partial charge in [0.1, 0.15) is 11.5 Å². The number of aromatic nitrogens is 2. The molecule has 1 N–H and O–H groups in total. The van der Waals surface area contributed by atoms with Crippen molar-refractivity contribution >= 4 is 17.6 Å². The molecule has 0 bridgehead atoms. The first-order valence-electron chi connectivity index (χ1n) is 8.13. The zero-order chi connectivity index (χ0) is 16.4. The lowest BCUT2D eigenvalue weighted by Crippen LogP contribution is -2.43. The van der Waals surface area contributed by atoms with Gasteiger partial charge in [0.05, 0.1) is 12.4 Å². The fourth-order valence-corrected chi connectivity index (χ4v) is 2.81. The maximum atomic E-state index is 12.0. The highest BCUT2D eigenvalue weighted by molar-refractivity contribution is 5.91. The first-order valence-corrected chi connectivity index (χ1v) is 8.13. The van der Waals surface area contributed by atoms with Crippen LogP contribution in [0.25, 0.3) is 0 Å². The van der Waals surface area contributed by atoms with Crippen LogP contribution in [0, 0.1) is 5.92 Å². The summed E-state index contributed by atoms with van der Waals surface area (Å²) in [5.74, 6) is 1.07. The second-order valence-corrected chi connectivity index (χ2v) is 6.51. The normalized spacial score (nSPS) is 18.6. The third kappa shape index (κ3) is 3.78. The number of hydrogen-bond acceptors (Lipinski definition) is 5. The molecule has 1 aromatic rings. The number of piperidine rings is 1. The van der Waals surface area contributed by atoms with Crippen LogP contribution in [0.5, 0.6) is 0 Å². The molecule has 7 nitrogen and oxygen atoms in total. The number of carbonyl (C=O) groups excluding carboxylic acids is 2. The van der Waals surface area contributed by atoms with Crippen molar-refractivity contribution in [2.45, 2.75) is 31.7 Å². The van der Waals surface area contributed by atoms with Gasteiger partial charge in [-0.05, 0) is 25.7 Å². The van der Waals surface area contributed by atoms with E-state index in [4.69, 9.17) is 0 Å². The van der Waals surface area contributed by atoms with Gasteiger partial charge in [0.25, 0.3) is 5.91 Å². The molecule has 0 aromatic carbocycles. The Morgan fingerprint density at radius 1 is 1.17 bits per heavy atom. The van der Waals surface area contributed by atoms with Gasteiger partial charge in [0, 0.05) is 39.1 Å². The van der Waals surface area contributed by atoms with Crippen LogP contribution in [-0.2, 0) is 4.79 Å². The number of hydrogen-bond donors (Lipinski definition) is 1. The van der Waals surface area contributed by atoms with Gasteiger partial charge >= 0.3 is 0 Å². The lowest BCUT2D eigenvalue weighted by molar-refractivity contribution is -0.133. The maximum absolute atomic E-state index is 12.0. The van der Waals surface area contributed by atoms with Crippen molar-refractivity contribution in [3.05, 3.63) is 18.1 Å². The van der Waals surface area contributed by atoms with E-state index < -0.39 is 0 Å². The van der Waals surface area contributed by atoms with E-state index in [1.165, 1.54) is 11.1 Å². The number of rotatable bonds is 4. The number of nitrogens with one attached hydrogen (secondary N) is 1. The van der Waals surface area contributed by atoms with Gasteiger partial charge in [0.2, 0.25) is 5.91 Å². The van der Waals surface area contributed by atoms with E-state index in [0.29, 0.717) is 23.3 Å². The van der Waals surface area contributed by atoms with E-state index in [1.807, 2.05) is 4.90 Å². The molecule has 1 saturated carbocycles. The Labute approximate surface area is 136 Å². The SMILES string of the molecule is CN(C)C(=O)c1cncc(NC2CCN(C(=O)C3CC3)CC2)n1. The Morgan fingerprint density at radius 3 is 2.48 bits per heavy atom. The van der Waals surface area contributed by atoms with Gasteiger partial charge < -0.3 is 15.1 Å². The average Bonchev–Trinajstić information content (AvgIpc) is 3.39. The number of amides is 2. The summed E-state index contributed by atoms with van der Waals surface area (Å²) in [4.78, 5) is 35.9. The first kappa shape index (κ1) is 15.7. The summed E-state index contributed by atoms with van der Waals surface area (Å²) in [5, 5.41) is 3.34. The molecule has 1 aliphatic heterocycles. The van der Waals surface area contributed by atoms with Gasteiger partial charge in [-0.3, -0.25) is 14.6 Å². The largest absolute Gasteiger partial charge is 0.366 e. The Hall–Kier alpha value is -2.18. The van der Waals surface area contributed by atoms with E-state index >= 15 is 0 Å². The van der Waals surface area contributed by atoms with Crippen molar-refractivity contribution in [1.29, 1.82) is 0 Å². The number of anilines is 1. The smallest absolute Gasteiger partial charge is 0.273 e. The molecule has 7 heteroatoms. The summed E-state index contributed by atoms with van der Waals surface area (Å²) < 4.78 is 0. The molecule has 1 aromatic heterocycles. The molecule has 0 atom stereocenters. The fraction of sp³-hybridized carbons (Fsp3) is 0.625. The van der Waals surface area contributed by atoms with Crippen LogP contribution in [-0.4, -0.2) is 64.8 Å². The minimum Gasteiger partial charge on any atom is -0.366 e. The Bertz CT molecular complexity index is 592. The van der Waals surface area contributed by atoms with Crippen molar-refractivity contribution in [2.24, 2.45) is 5.92 Å². The summed E-state index contributed by atoms with van der Waals surface area (Å²) in [6.07, 6.45) is 7.01. The van der Waals surface area contributed by atoms with Crippen LogP contribution < -0.4 is 5.32 Å². The molecule has 0 spiro atoms. The van der Waals surface area contributed by atoms with Crippen LogP contribution >= 0.6 is 0 Å². The summed E-state index contributed by atoms with van der Waals surface area (Å²) in [6, 6.07) is 0.261. The standard InChI is InChI=1S/C16H23N5O2/c1-20(2)16(23)13-9-17-10-14(19-13)18-12-5-7-21(8-6-12)15(22)11-3-4-11/h9-12H,3-8H2,1-2H3,(H,18,19). The van der Waals surface area contributed by atoms with Gasteiger partial charge in [-0.1, -0.05) is 0 Å². The Balaban J connectivity index is 1.55. The van der Waals surface area contributed by atoms with Crippen LogP contribution in [0.1, 0.15) is 36.2 Å². The quantitative estimate of drug-likeness (QED) is 0.896. The predicted octanol–water partition coefficient (Wildman–Crippen LogP) is 0.991. The average molecular weight is 317 g/mol. The van der Waals surface area contributed by atoms with Crippen LogP contribution in [0.2, 0.25) is 0 Å². The summed E-state index contributed by atoms with van der Waals surface area (Å²) in [6.45, 7) is 1.58. The molecule has 3 rings (SSSR count). The minimum absolute atomic E-state index is 0.161. The minimum atomic E-state index is -0.161.